The number of H-pyrrole nitrogens is 1. The lowest BCUT2D eigenvalue weighted by Gasteiger charge is -2.23. The fraction of sp³-hybridized carbons (Fsp3) is 0.286. The molecule has 5 heteroatoms. The molecule has 0 aliphatic heterocycles. The van der Waals surface area contributed by atoms with Crippen molar-refractivity contribution in [3.63, 3.8) is 0 Å². The zero-order chi connectivity index (χ0) is 13.9. The van der Waals surface area contributed by atoms with E-state index in [1.54, 1.807) is 11.3 Å². The van der Waals surface area contributed by atoms with Gasteiger partial charge >= 0.3 is 0 Å². The third-order valence-electron chi connectivity index (χ3n) is 2.93. The van der Waals surface area contributed by atoms with Crippen LogP contribution >= 0.6 is 11.3 Å². The maximum absolute atomic E-state index is 11.9. The largest absolute Gasteiger partial charge is 0.351 e. The van der Waals surface area contributed by atoms with Gasteiger partial charge in [0, 0.05) is 29.1 Å². The van der Waals surface area contributed by atoms with Gasteiger partial charge in [-0.25, -0.2) is 0 Å². The van der Waals surface area contributed by atoms with Gasteiger partial charge in [-0.3, -0.25) is 9.59 Å². The number of aromatic amines is 1. The molecule has 2 aromatic rings. The number of aromatic nitrogens is 1. The Morgan fingerprint density at radius 1 is 1.37 bits per heavy atom. The molecule has 0 aliphatic carbocycles. The number of pyridine rings is 1. The molecule has 0 aliphatic rings. The van der Waals surface area contributed by atoms with Crippen LogP contribution in [0.2, 0.25) is 0 Å². The first kappa shape index (κ1) is 13.5. The summed E-state index contributed by atoms with van der Waals surface area (Å²) in [6.07, 6.45) is 1.43. The van der Waals surface area contributed by atoms with Crippen LogP contribution in [0, 0.1) is 0 Å². The second kappa shape index (κ2) is 5.40. The first-order valence-corrected chi connectivity index (χ1v) is 6.88. The molecule has 0 radical (unpaired) electrons. The fourth-order valence-electron chi connectivity index (χ4n) is 1.71. The lowest BCUT2D eigenvalue weighted by atomic mass is 9.91. The monoisotopic (exact) mass is 276 g/mol. The average molecular weight is 276 g/mol. The van der Waals surface area contributed by atoms with Crippen LogP contribution in [-0.2, 0) is 5.41 Å². The van der Waals surface area contributed by atoms with E-state index in [0.717, 1.165) is 0 Å². The minimum atomic E-state index is -0.213. The van der Waals surface area contributed by atoms with Crippen molar-refractivity contribution in [3.05, 3.63) is 56.6 Å². The number of thiophene rings is 1. The number of carbonyl (C=O) groups excluding carboxylic acids is 1. The standard InChI is InChI=1S/C14H16N2O2S/c1-14(2,11-4-3-7-19-11)9-16-13(18)10-5-6-12(17)15-8-10/h3-8H,9H2,1-2H3,(H,15,17)(H,16,18). The van der Waals surface area contributed by atoms with Gasteiger partial charge < -0.3 is 10.3 Å². The quantitative estimate of drug-likeness (QED) is 0.898. The molecule has 0 aromatic carbocycles. The molecule has 0 atom stereocenters. The molecule has 0 spiro atoms. The van der Waals surface area contributed by atoms with Gasteiger partial charge in [0.2, 0.25) is 5.56 Å². The van der Waals surface area contributed by atoms with E-state index in [1.165, 1.54) is 23.2 Å². The van der Waals surface area contributed by atoms with E-state index in [0.29, 0.717) is 12.1 Å². The molecule has 2 N–H and O–H groups in total. The summed E-state index contributed by atoms with van der Waals surface area (Å²) in [5.41, 5.74) is 0.142. The molecule has 2 aromatic heterocycles. The van der Waals surface area contributed by atoms with Crippen molar-refractivity contribution < 1.29 is 4.79 Å². The predicted octanol–water partition coefficient (Wildman–Crippen LogP) is 2.14. The van der Waals surface area contributed by atoms with Crippen LogP contribution in [0.4, 0.5) is 0 Å². The number of nitrogens with one attached hydrogen (secondary N) is 2. The summed E-state index contributed by atoms with van der Waals surface area (Å²) >= 11 is 1.68. The maximum atomic E-state index is 11.9. The molecule has 19 heavy (non-hydrogen) atoms. The Morgan fingerprint density at radius 3 is 2.74 bits per heavy atom. The Morgan fingerprint density at radius 2 is 2.16 bits per heavy atom. The lowest BCUT2D eigenvalue weighted by molar-refractivity contribution is 0.0945. The highest BCUT2D eigenvalue weighted by Gasteiger charge is 2.22. The highest BCUT2D eigenvalue weighted by atomic mass is 32.1. The SMILES string of the molecule is CC(C)(CNC(=O)c1ccc(=O)[nH]c1)c1cccs1. The number of amides is 1. The Balaban J connectivity index is 2.01. The van der Waals surface area contributed by atoms with Crippen LogP contribution in [0.15, 0.2) is 40.6 Å². The highest BCUT2D eigenvalue weighted by Crippen LogP contribution is 2.26. The van der Waals surface area contributed by atoms with E-state index in [4.69, 9.17) is 0 Å². The van der Waals surface area contributed by atoms with Crippen molar-refractivity contribution >= 4 is 17.2 Å². The van der Waals surface area contributed by atoms with Crippen molar-refractivity contribution in [1.82, 2.24) is 10.3 Å². The van der Waals surface area contributed by atoms with Crippen molar-refractivity contribution in [2.45, 2.75) is 19.3 Å². The van der Waals surface area contributed by atoms with Crippen molar-refractivity contribution in [2.75, 3.05) is 6.54 Å². The summed E-state index contributed by atoms with van der Waals surface area (Å²) in [5.74, 6) is -0.180. The topological polar surface area (TPSA) is 62.0 Å². The van der Waals surface area contributed by atoms with E-state index in [2.05, 4.69) is 30.2 Å². The van der Waals surface area contributed by atoms with E-state index in [9.17, 15) is 9.59 Å². The first-order chi connectivity index (χ1) is 8.99. The summed E-state index contributed by atoms with van der Waals surface area (Å²) < 4.78 is 0. The Hall–Kier alpha value is -1.88. The molecule has 1 amide bonds. The van der Waals surface area contributed by atoms with E-state index >= 15 is 0 Å². The average Bonchev–Trinajstić information content (AvgIpc) is 2.91. The molecule has 2 rings (SSSR count). The van der Waals surface area contributed by atoms with Crippen molar-refractivity contribution in [1.29, 1.82) is 0 Å². The van der Waals surface area contributed by atoms with E-state index in [1.807, 2.05) is 11.4 Å². The van der Waals surface area contributed by atoms with Gasteiger partial charge in [-0.2, -0.15) is 0 Å². The number of carbonyl (C=O) groups is 1. The van der Waals surface area contributed by atoms with Gasteiger partial charge in [0.15, 0.2) is 0 Å². The third kappa shape index (κ3) is 3.32. The van der Waals surface area contributed by atoms with Gasteiger partial charge in [0.25, 0.3) is 5.91 Å². The molecule has 100 valence electrons. The van der Waals surface area contributed by atoms with E-state index < -0.39 is 0 Å². The summed E-state index contributed by atoms with van der Waals surface area (Å²) in [6, 6.07) is 6.94. The first-order valence-electron chi connectivity index (χ1n) is 6.00. The van der Waals surface area contributed by atoms with Gasteiger partial charge in [-0.05, 0) is 17.5 Å². The lowest BCUT2D eigenvalue weighted by Crippen LogP contribution is -2.36. The van der Waals surface area contributed by atoms with Crippen LogP contribution in [-0.4, -0.2) is 17.4 Å². The third-order valence-corrected chi connectivity index (χ3v) is 4.16. The molecule has 0 bridgehead atoms. The minimum Gasteiger partial charge on any atom is -0.351 e. The molecular weight excluding hydrogens is 260 g/mol. The second-order valence-electron chi connectivity index (χ2n) is 4.99. The molecule has 0 saturated carbocycles. The smallest absolute Gasteiger partial charge is 0.252 e. The molecular formula is C14H16N2O2S. The van der Waals surface area contributed by atoms with Crippen LogP contribution in [0.1, 0.15) is 29.1 Å². The molecule has 0 unspecified atom stereocenters. The van der Waals surface area contributed by atoms with Gasteiger partial charge in [-0.15, -0.1) is 11.3 Å². The molecule has 2 heterocycles. The Labute approximate surface area is 115 Å². The Kier molecular flexibility index (Phi) is 3.85. The summed E-state index contributed by atoms with van der Waals surface area (Å²) in [7, 11) is 0. The van der Waals surface area contributed by atoms with Crippen molar-refractivity contribution in [3.8, 4) is 0 Å². The van der Waals surface area contributed by atoms with Gasteiger partial charge in [-0.1, -0.05) is 19.9 Å². The number of hydrogen-bond acceptors (Lipinski definition) is 3. The second-order valence-corrected chi connectivity index (χ2v) is 5.93. The number of hydrogen-bond donors (Lipinski definition) is 2. The van der Waals surface area contributed by atoms with Crippen LogP contribution in [0.25, 0.3) is 0 Å². The van der Waals surface area contributed by atoms with E-state index in [-0.39, 0.29) is 16.9 Å². The summed E-state index contributed by atoms with van der Waals surface area (Å²) in [6.45, 7) is 4.73. The highest BCUT2D eigenvalue weighted by molar-refractivity contribution is 7.10. The van der Waals surface area contributed by atoms with Crippen molar-refractivity contribution in [2.24, 2.45) is 0 Å². The predicted molar refractivity (Wildman–Crippen MR) is 76.7 cm³/mol. The maximum Gasteiger partial charge on any atom is 0.252 e. The fourth-order valence-corrected chi connectivity index (χ4v) is 2.56. The summed E-state index contributed by atoms with van der Waals surface area (Å²) in [5, 5.41) is 4.92. The van der Waals surface area contributed by atoms with Gasteiger partial charge in [0.1, 0.15) is 0 Å². The van der Waals surface area contributed by atoms with Crippen LogP contribution in [0.3, 0.4) is 0 Å². The van der Waals surface area contributed by atoms with Gasteiger partial charge in [0.05, 0.1) is 5.56 Å². The zero-order valence-electron chi connectivity index (χ0n) is 10.9. The molecule has 0 saturated heterocycles. The summed E-state index contributed by atoms with van der Waals surface area (Å²) in [4.78, 5) is 26.6. The normalized spacial score (nSPS) is 11.3. The Bertz CT molecular complexity index is 594. The van der Waals surface area contributed by atoms with Crippen LogP contribution < -0.4 is 10.9 Å². The van der Waals surface area contributed by atoms with Crippen LogP contribution in [0.5, 0.6) is 0 Å². The number of rotatable bonds is 4. The zero-order valence-corrected chi connectivity index (χ0v) is 11.7. The molecule has 4 nitrogen and oxygen atoms in total. The molecule has 0 fully saturated rings. The minimum absolute atomic E-state index is 0.105.